The molecule has 6 nitrogen and oxygen atoms in total. The van der Waals surface area contributed by atoms with Gasteiger partial charge in [-0.15, -0.1) is 0 Å². The SMILES string of the molecule is COc1ccc(S(=O)(=O)N[C@H](C)c2ccco2)cc1OC. The maximum absolute atomic E-state index is 12.4. The summed E-state index contributed by atoms with van der Waals surface area (Å²) in [4.78, 5) is 0.0959. The summed E-state index contributed by atoms with van der Waals surface area (Å²) < 4.78 is 42.6. The van der Waals surface area contributed by atoms with Crippen molar-refractivity contribution in [2.75, 3.05) is 14.2 Å². The van der Waals surface area contributed by atoms with Gasteiger partial charge < -0.3 is 13.9 Å². The molecule has 0 unspecified atom stereocenters. The van der Waals surface area contributed by atoms with Crippen molar-refractivity contribution in [3.05, 3.63) is 42.4 Å². The van der Waals surface area contributed by atoms with E-state index in [9.17, 15) is 8.42 Å². The minimum absolute atomic E-state index is 0.0959. The molecule has 1 heterocycles. The van der Waals surface area contributed by atoms with Crippen LogP contribution in [0.15, 0.2) is 45.9 Å². The van der Waals surface area contributed by atoms with Crippen LogP contribution in [-0.2, 0) is 10.0 Å². The van der Waals surface area contributed by atoms with Gasteiger partial charge in [-0.3, -0.25) is 0 Å². The van der Waals surface area contributed by atoms with Gasteiger partial charge in [-0.25, -0.2) is 13.1 Å². The Hall–Kier alpha value is -1.99. The molecule has 0 saturated carbocycles. The Labute approximate surface area is 123 Å². The van der Waals surface area contributed by atoms with Gasteiger partial charge in [-0.1, -0.05) is 0 Å². The largest absolute Gasteiger partial charge is 0.493 e. The molecule has 1 atom stereocenters. The Morgan fingerprint density at radius 1 is 1.14 bits per heavy atom. The second kappa shape index (κ2) is 6.19. The molecule has 7 heteroatoms. The number of sulfonamides is 1. The van der Waals surface area contributed by atoms with Gasteiger partial charge in [-0.05, 0) is 31.2 Å². The minimum Gasteiger partial charge on any atom is -0.493 e. The Morgan fingerprint density at radius 2 is 1.86 bits per heavy atom. The molecule has 0 aliphatic carbocycles. The number of furan rings is 1. The Morgan fingerprint density at radius 3 is 2.43 bits per heavy atom. The molecule has 1 aromatic carbocycles. The van der Waals surface area contributed by atoms with Crippen LogP contribution in [-0.4, -0.2) is 22.6 Å². The highest BCUT2D eigenvalue weighted by atomic mass is 32.2. The molecular weight excluding hydrogens is 294 g/mol. The zero-order valence-electron chi connectivity index (χ0n) is 12.0. The number of hydrogen-bond donors (Lipinski definition) is 1. The first-order valence-corrected chi connectivity index (χ1v) is 7.74. The fourth-order valence-corrected chi connectivity index (χ4v) is 3.11. The Balaban J connectivity index is 2.27. The van der Waals surface area contributed by atoms with Crippen LogP contribution in [0.4, 0.5) is 0 Å². The fraction of sp³-hybridized carbons (Fsp3) is 0.286. The second-order valence-corrected chi connectivity index (χ2v) is 6.09. The molecule has 2 rings (SSSR count). The third kappa shape index (κ3) is 3.37. The van der Waals surface area contributed by atoms with Crippen molar-refractivity contribution in [2.45, 2.75) is 17.9 Å². The quantitative estimate of drug-likeness (QED) is 0.886. The smallest absolute Gasteiger partial charge is 0.241 e. The van der Waals surface area contributed by atoms with Crippen molar-refractivity contribution in [3.8, 4) is 11.5 Å². The summed E-state index contributed by atoms with van der Waals surface area (Å²) in [7, 11) is -0.748. The van der Waals surface area contributed by atoms with Crippen molar-refractivity contribution in [1.29, 1.82) is 0 Å². The lowest BCUT2D eigenvalue weighted by Gasteiger charge is -2.14. The lowest BCUT2D eigenvalue weighted by atomic mass is 10.3. The highest BCUT2D eigenvalue weighted by Gasteiger charge is 2.21. The number of benzene rings is 1. The van der Waals surface area contributed by atoms with Gasteiger partial charge in [0, 0.05) is 6.07 Å². The molecule has 114 valence electrons. The monoisotopic (exact) mass is 311 g/mol. The normalized spacial score (nSPS) is 12.9. The molecule has 1 aromatic heterocycles. The van der Waals surface area contributed by atoms with Crippen LogP contribution in [0, 0.1) is 0 Å². The maximum Gasteiger partial charge on any atom is 0.241 e. The van der Waals surface area contributed by atoms with Crippen molar-refractivity contribution in [1.82, 2.24) is 4.72 Å². The van der Waals surface area contributed by atoms with E-state index in [0.29, 0.717) is 17.3 Å². The predicted octanol–water partition coefficient (Wildman–Crippen LogP) is 2.34. The first-order valence-electron chi connectivity index (χ1n) is 6.25. The third-order valence-corrected chi connectivity index (χ3v) is 4.51. The second-order valence-electron chi connectivity index (χ2n) is 4.38. The lowest BCUT2D eigenvalue weighted by Crippen LogP contribution is -2.26. The van der Waals surface area contributed by atoms with E-state index in [0.717, 1.165) is 0 Å². The Bertz CT molecular complexity index is 694. The standard InChI is InChI=1S/C14H17NO5S/c1-10(12-5-4-8-20-12)15-21(16,17)11-6-7-13(18-2)14(9-11)19-3/h4-10,15H,1-3H3/t10-/m1/s1. The summed E-state index contributed by atoms with van der Waals surface area (Å²) in [6, 6.07) is 7.36. The van der Waals surface area contributed by atoms with Crippen LogP contribution in [0.2, 0.25) is 0 Å². The topological polar surface area (TPSA) is 77.8 Å². The zero-order chi connectivity index (χ0) is 15.5. The number of nitrogens with one attached hydrogen (secondary N) is 1. The molecule has 0 fully saturated rings. The van der Waals surface area contributed by atoms with Gasteiger partial charge in [-0.2, -0.15) is 0 Å². The molecule has 0 spiro atoms. The number of ether oxygens (including phenoxy) is 2. The molecule has 0 aliphatic rings. The molecule has 0 bridgehead atoms. The minimum atomic E-state index is -3.69. The van der Waals surface area contributed by atoms with Crippen LogP contribution in [0.25, 0.3) is 0 Å². The summed E-state index contributed by atoms with van der Waals surface area (Å²) in [6.45, 7) is 1.71. The van der Waals surface area contributed by atoms with Crippen molar-refractivity contribution in [3.63, 3.8) is 0 Å². The summed E-state index contributed by atoms with van der Waals surface area (Å²) in [5, 5.41) is 0. The number of hydrogen-bond acceptors (Lipinski definition) is 5. The van der Waals surface area contributed by atoms with E-state index >= 15 is 0 Å². The van der Waals surface area contributed by atoms with E-state index in [1.165, 1.54) is 32.6 Å². The molecule has 1 N–H and O–H groups in total. The summed E-state index contributed by atoms with van der Waals surface area (Å²) in [5.41, 5.74) is 0. The van der Waals surface area contributed by atoms with E-state index in [-0.39, 0.29) is 4.90 Å². The van der Waals surface area contributed by atoms with E-state index < -0.39 is 16.1 Å². The molecular formula is C14H17NO5S. The summed E-state index contributed by atoms with van der Waals surface area (Å²) >= 11 is 0. The van der Waals surface area contributed by atoms with Crippen LogP contribution >= 0.6 is 0 Å². The van der Waals surface area contributed by atoms with E-state index in [1.54, 1.807) is 25.1 Å². The fourth-order valence-electron chi connectivity index (χ4n) is 1.88. The van der Waals surface area contributed by atoms with Gasteiger partial charge in [0.05, 0.1) is 31.4 Å². The van der Waals surface area contributed by atoms with E-state index in [2.05, 4.69) is 4.72 Å². The predicted molar refractivity (Wildman–Crippen MR) is 77.0 cm³/mol. The van der Waals surface area contributed by atoms with Crippen molar-refractivity contribution < 1.29 is 22.3 Å². The third-order valence-electron chi connectivity index (χ3n) is 2.97. The number of rotatable bonds is 6. The first-order chi connectivity index (χ1) is 9.97. The number of methoxy groups -OCH3 is 2. The van der Waals surface area contributed by atoms with Gasteiger partial charge in [0.25, 0.3) is 0 Å². The molecule has 0 amide bonds. The van der Waals surface area contributed by atoms with Crippen LogP contribution in [0.1, 0.15) is 18.7 Å². The Kier molecular flexibility index (Phi) is 4.54. The van der Waals surface area contributed by atoms with Gasteiger partial charge >= 0.3 is 0 Å². The van der Waals surface area contributed by atoms with Gasteiger partial charge in [0.15, 0.2) is 11.5 Å². The lowest BCUT2D eigenvalue weighted by molar-refractivity contribution is 0.354. The van der Waals surface area contributed by atoms with Crippen molar-refractivity contribution in [2.24, 2.45) is 0 Å². The molecule has 0 radical (unpaired) electrons. The molecule has 21 heavy (non-hydrogen) atoms. The molecule has 2 aromatic rings. The average Bonchev–Trinajstić information content (AvgIpc) is 3.00. The highest BCUT2D eigenvalue weighted by Crippen LogP contribution is 2.29. The summed E-state index contributed by atoms with van der Waals surface area (Å²) in [6.07, 6.45) is 1.50. The first kappa shape index (κ1) is 15.4. The van der Waals surface area contributed by atoms with Crippen LogP contribution in [0.5, 0.6) is 11.5 Å². The van der Waals surface area contributed by atoms with Crippen LogP contribution in [0.3, 0.4) is 0 Å². The molecule has 0 aliphatic heterocycles. The maximum atomic E-state index is 12.4. The summed E-state index contributed by atoms with van der Waals surface area (Å²) in [5.74, 6) is 1.36. The van der Waals surface area contributed by atoms with Gasteiger partial charge in [0.1, 0.15) is 5.76 Å². The van der Waals surface area contributed by atoms with E-state index in [1.807, 2.05) is 0 Å². The highest BCUT2D eigenvalue weighted by molar-refractivity contribution is 7.89. The molecule has 0 saturated heterocycles. The van der Waals surface area contributed by atoms with E-state index in [4.69, 9.17) is 13.9 Å². The zero-order valence-corrected chi connectivity index (χ0v) is 12.8. The average molecular weight is 311 g/mol. The van der Waals surface area contributed by atoms with Crippen molar-refractivity contribution >= 4 is 10.0 Å². The van der Waals surface area contributed by atoms with Crippen LogP contribution < -0.4 is 14.2 Å². The van der Waals surface area contributed by atoms with Gasteiger partial charge in [0.2, 0.25) is 10.0 Å².